The molecule has 0 fully saturated rings. The van der Waals surface area contributed by atoms with Crippen LogP contribution in [0, 0.1) is 6.92 Å². The second kappa shape index (κ2) is 6.79. The zero-order valence-electron chi connectivity index (χ0n) is 12.7. The van der Waals surface area contributed by atoms with Crippen LogP contribution in [-0.2, 0) is 6.54 Å². The molecule has 2 N–H and O–H groups in total. The number of benzene rings is 2. The Hall–Kier alpha value is -3.08. The van der Waals surface area contributed by atoms with Gasteiger partial charge in [-0.1, -0.05) is 59.8 Å². The largest absolute Gasteiger partial charge is 0.354 e. The van der Waals surface area contributed by atoms with E-state index in [1.807, 2.05) is 61.5 Å². The molecule has 0 bridgehead atoms. The van der Waals surface area contributed by atoms with E-state index in [4.69, 9.17) is 4.52 Å². The second-order valence-corrected chi connectivity index (χ2v) is 5.18. The van der Waals surface area contributed by atoms with Crippen LogP contribution in [0.2, 0.25) is 0 Å². The summed E-state index contributed by atoms with van der Waals surface area (Å²) in [6, 6.07) is 18.9. The molecule has 0 saturated heterocycles. The maximum atomic E-state index is 11.9. The Labute approximate surface area is 134 Å². The molecule has 0 spiro atoms. The van der Waals surface area contributed by atoms with E-state index in [1.54, 1.807) is 6.07 Å². The molecule has 3 rings (SSSR count). The van der Waals surface area contributed by atoms with Crippen molar-refractivity contribution in [3.63, 3.8) is 0 Å². The van der Waals surface area contributed by atoms with Crippen molar-refractivity contribution in [3.8, 4) is 11.3 Å². The molecule has 0 aliphatic rings. The predicted molar refractivity (Wildman–Crippen MR) is 89.0 cm³/mol. The Morgan fingerprint density at radius 1 is 1.09 bits per heavy atom. The summed E-state index contributed by atoms with van der Waals surface area (Å²) in [5, 5.41) is 9.33. The number of carbonyl (C=O) groups is 1. The third kappa shape index (κ3) is 3.77. The Bertz CT molecular complexity index is 797. The van der Waals surface area contributed by atoms with Crippen LogP contribution in [0.15, 0.2) is 65.2 Å². The SMILES string of the molecule is Cc1ccccc1CNC(=O)Nc1cc(-c2ccccc2)on1. The number of aryl methyl sites for hydroxylation is 1. The minimum Gasteiger partial charge on any atom is -0.354 e. The van der Waals surface area contributed by atoms with E-state index in [0.29, 0.717) is 18.1 Å². The Kier molecular flexibility index (Phi) is 4.38. The van der Waals surface area contributed by atoms with Crippen molar-refractivity contribution in [2.75, 3.05) is 5.32 Å². The molecule has 2 amide bonds. The molecule has 5 heteroatoms. The van der Waals surface area contributed by atoms with Gasteiger partial charge in [0.05, 0.1) is 0 Å². The number of anilines is 1. The van der Waals surface area contributed by atoms with Crippen LogP contribution < -0.4 is 10.6 Å². The van der Waals surface area contributed by atoms with Gasteiger partial charge >= 0.3 is 6.03 Å². The van der Waals surface area contributed by atoms with Crippen molar-refractivity contribution in [1.82, 2.24) is 10.5 Å². The van der Waals surface area contributed by atoms with E-state index < -0.39 is 0 Å². The topological polar surface area (TPSA) is 67.2 Å². The van der Waals surface area contributed by atoms with Crippen LogP contribution in [0.25, 0.3) is 11.3 Å². The van der Waals surface area contributed by atoms with E-state index in [0.717, 1.165) is 16.7 Å². The van der Waals surface area contributed by atoms with Crippen molar-refractivity contribution in [2.45, 2.75) is 13.5 Å². The molecule has 0 aliphatic carbocycles. The summed E-state index contributed by atoms with van der Waals surface area (Å²) in [5.41, 5.74) is 3.13. The van der Waals surface area contributed by atoms with Crippen LogP contribution in [-0.4, -0.2) is 11.2 Å². The van der Waals surface area contributed by atoms with Crippen LogP contribution in [0.5, 0.6) is 0 Å². The minimum absolute atomic E-state index is 0.318. The van der Waals surface area contributed by atoms with Crippen molar-refractivity contribution < 1.29 is 9.32 Å². The highest BCUT2D eigenvalue weighted by Gasteiger charge is 2.09. The molecular weight excluding hydrogens is 290 g/mol. The standard InChI is InChI=1S/C18H17N3O2/c1-13-7-5-6-10-15(13)12-19-18(22)20-17-11-16(23-21-17)14-8-3-2-4-9-14/h2-11H,12H2,1H3,(H2,19,20,21,22). The normalized spacial score (nSPS) is 10.3. The maximum absolute atomic E-state index is 11.9. The van der Waals surface area contributed by atoms with Gasteiger partial charge in [0.1, 0.15) is 0 Å². The summed E-state index contributed by atoms with van der Waals surface area (Å²) in [4.78, 5) is 11.9. The van der Waals surface area contributed by atoms with Gasteiger partial charge in [0.25, 0.3) is 0 Å². The molecule has 1 heterocycles. The zero-order valence-corrected chi connectivity index (χ0v) is 12.7. The van der Waals surface area contributed by atoms with Crippen LogP contribution in [0.3, 0.4) is 0 Å². The highest BCUT2D eigenvalue weighted by molar-refractivity contribution is 5.88. The first-order chi connectivity index (χ1) is 11.2. The minimum atomic E-state index is -0.318. The number of nitrogens with one attached hydrogen (secondary N) is 2. The quantitative estimate of drug-likeness (QED) is 0.766. The summed E-state index contributed by atoms with van der Waals surface area (Å²) in [7, 11) is 0. The first kappa shape index (κ1) is 14.8. The fraction of sp³-hybridized carbons (Fsp3) is 0.111. The van der Waals surface area contributed by atoms with E-state index in [-0.39, 0.29) is 6.03 Å². The summed E-state index contributed by atoms with van der Waals surface area (Å²) in [5.74, 6) is 0.992. The molecule has 5 nitrogen and oxygen atoms in total. The molecule has 0 radical (unpaired) electrons. The maximum Gasteiger partial charge on any atom is 0.320 e. The monoisotopic (exact) mass is 307 g/mol. The molecule has 116 valence electrons. The first-order valence-corrected chi connectivity index (χ1v) is 7.34. The summed E-state index contributed by atoms with van der Waals surface area (Å²) < 4.78 is 5.24. The molecule has 23 heavy (non-hydrogen) atoms. The number of aromatic nitrogens is 1. The van der Waals surface area contributed by atoms with E-state index in [2.05, 4.69) is 15.8 Å². The van der Waals surface area contributed by atoms with Gasteiger partial charge in [0.2, 0.25) is 0 Å². The third-order valence-corrected chi connectivity index (χ3v) is 3.51. The zero-order chi connectivity index (χ0) is 16.1. The lowest BCUT2D eigenvalue weighted by atomic mass is 10.1. The van der Waals surface area contributed by atoms with Gasteiger partial charge in [-0.2, -0.15) is 0 Å². The van der Waals surface area contributed by atoms with Gasteiger partial charge in [-0.05, 0) is 18.1 Å². The smallest absolute Gasteiger partial charge is 0.320 e. The van der Waals surface area contributed by atoms with E-state index in [9.17, 15) is 4.79 Å². The van der Waals surface area contributed by atoms with Crippen LogP contribution in [0.4, 0.5) is 10.6 Å². The van der Waals surface area contributed by atoms with Gasteiger partial charge in [-0.15, -0.1) is 0 Å². The van der Waals surface area contributed by atoms with Gasteiger partial charge in [0.15, 0.2) is 11.6 Å². The van der Waals surface area contributed by atoms with Crippen molar-refractivity contribution in [2.24, 2.45) is 0 Å². The predicted octanol–water partition coefficient (Wildman–Crippen LogP) is 3.97. The van der Waals surface area contributed by atoms with Crippen LogP contribution >= 0.6 is 0 Å². The lowest BCUT2D eigenvalue weighted by Gasteiger charge is -2.07. The molecular formula is C18H17N3O2. The number of urea groups is 1. The Balaban J connectivity index is 1.58. The molecule has 0 unspecified atom stereocenters. The Morgan fingerprint density at radius 2 is 1.83 bits per heavy atom. The lowest BCUT2D eigenvalue weighted by Crippen LogP contribution is -2.28. The molecule has 1 aromatic heterocycles. The van der Waals surface area contributed by atoms with Gasteiger partial charge in [0, 0.05) is 18.2 Å². The molecule has 0 aliphatic heterocycles. The fourth-order valence-electron chi connectivity index (χ4n) is 2.22. The van der Waals surface area contributed by atoms with E-state index in [1.165, 1.54) is 0 Å². The summed E-state index contributed by atoms with van der Waals surface area (Å²) in [6.07, 6.45) is 0. The fourth-order valence-corrected chi connectivity index (χ4v) is 2.22. The van der Waals surface area contributed by atoms with E-state index >= 15 is 0 Å². The average Bonchev–Trinajstić information content (AvgIpc) is 3.03. The summed E-state index contributed by atoms with van der Waals surface area (Å²) >= 11 is 0. The van der Waals surface area contributed by atoms with Gasteiger partial charge < -0.3 is 9.84 Å². The number of hydrogen-bond donors (Lipinski definition) is 2. The highest BCUT2D eigenvalue weighted by atomic mass is 16.5. The lowest BCUT2D eigenvalue weighted by molar-refractivity contribution is 0.251. The van der Waals surface area contributed by atoms with Crippen molar-refractivity contribution in [3.05, 3.63) is 71.8 Å². The number of amides is 2. The third-order valence-electron chi connectivity index (χ3n) is 3.51. The van der Waals surface area contributed by atoms with Crippen molar-refractivity contribution in [1.29, 1.82) is 0 Å². The molecule has 0 saturated carbocycles. The summed E-state index contributed by atoms with van der Waals surface area (Å²) in [6.45, 7) is 2.47. The molecule has 2 aromatic carbocycles. The van der Waals surface area contributed by atoms with Gasteiger partial charge in [-0.25, -0.2) is 4.79 Å². The van der Waals surface area contributed by atoms with Gasteiger partial charge in [-0.3, -0.25) is 5.32 Å². The molecule has 3 aromatic rings. The number of nitrogens with zero attached hydrogens (tertiary/aromatic N) is 1. The van der Waals surface area contributed by atoms with Crippen LogP contribution in [0.1, 0.15) is 11.1 Å². The number of hydrogen-bond acceptors (Lipinski definition) is 3. The van der Waals surface area contributed by atoms with Crippen molar-refractivity contribution >= 4 is 11.8 Å². The Morgan fingerprint density at radius 3 is 2.61 bits per heavy atom. The molecule has 0 atom stereocenters. The number of rotatable bonds is 4. The highest BCUT2D eigenvalue weighted by Crippen LogP contribution is 2.21. The second-order valence-electron chi connectivity index (χ2n) is 5.18. The first-order valence-electron chi connectivity index (χ1n) is 7.34. The average molecular weight is 307 g/mol. The number of carbonyl (C=O) groups excluding carboxylic acids is 1.